The lowest BCUT2D eigenvalue weighted by atomic mass is 9.82. The average Bonchev–Trinajstić information content (AvgIpc) is 2.25. The maximum Gasteiger partial charge on any atom is 0.0353 e. The van der Waals surface area contributed by atoms with Gasteiger partial charge in [-0.15, -0.1) is 0 Å². The highest BCUT2D eigenvalue weighted by atomic mass is 14.9. The summed E-state index contributed by atoms with van der Waals surface area (Å²) in [6.07, 6.45) is 0. The third-order valence-corrected chi connectivity index (χ3v) is 4.05. The van der Waals surface area contributed by atoms with Crippen LogP contribution in [0.4, 0.5) is 0 Å². The molecular weight excluding hydrogens is 218 g/mol. The first-order valence-electron chi connectivity index (χ1n) is 7.19. The van der Waals surface area contributed by atoms with Gasteiger partial charge in [0, 0.05) is 6.04 Å². The van der Waals surface area contributed by atoms with Gasteiger partial charge in [-0.25, -0.2) is 0 Å². The Kier molecular flexibility index (Phi) is 5.40. The minimum absolute atomic E-state index is 0.468. The predicted molar refractivity (Wildman–Crippen MR) is 81.1 cm³/mol. The van der Waals surface area contributed by atoms with E-state index in [1.165, 1.54) is 22.3 Å². The summed E-state index contributed by atoms with van der Waals surface area (Å²) in [7, 11) is 0. The SMILES string of the molecule is CCNC(c1c(C)cc(C)cc1C)C(C)C(C)C. The smallest absolute Gasteiger partial charge is 0.0353 e. The third kappa shape index (κ3) is 3.35. The van der Waals surface area contributed by atoms with Crippen LogP contribution in [-0.2, 0) is 0 Å². The van der Waals surface area contributed by atoms with Gasteiger partial charge in [0.2, 0.25) is 0 Å². The molecule has 18 heavy (non-hydrogen) atoms. The Bertz CT molecular complexity index is 370. The highest BCUT2D eigenvalue weighted by molar-refractivity contribution is 5.40. The zero-order valence-electron chi connectivity index (χ0n) is 13.1. The molecule has 1 aromatic carbocycles. The molecule has 0 amide bonds. The minimum Gasteiger partial charge on any atom is -0.310 e. The number of aryl methyl sites for hydroxylation is 3. The van der Waals surface area contributed by atoms with Crippen molar-refractivity contribution >= 4 is 0 Å². The molecule has 0 radical (unpaired) electrons. The second-order valence-electron chi connectivity index (χ2n) is 5.95. The Balaban J connectivity index is 3.21. The van der Waals surface area contributed by atoms with Gasteiger partial charge in [-0.1, -0.05) is 45.4 Å². The highest BCUT2D eigenvalue weighted by Gasteiger charge is 2.24. The number of hydrogen-bond acceptors (Lipinski definition) is 1. The first kappa shape index (κ1) is 15.2. The van der Waals surface area contributed by atoms with Gasteiger partial charge in [-0.05, 0) is 55.8 Å². The van der Waals surface area contributed by atoms with E-state index in [-0.39, 0.29) is 0 Å². The Hall–Kier alpha value is -0.820. The van der Waals surface area contributed by atoms with Crippen molar-refractivity contribution in [1.29, 1.82) is 0 Å². The fraction of sp³-hybridized carbons (Fsp3) is 0.647. The van der Waals surface area contributed by atoms with Crippen LogP contribution < -0.4 is 5.32 Å². The van der Waals surface area contributed by atoms with Crippen molar-refractivity contribution < 1.29 is 0 Å². The molecule has 0 fully saturated rings. The van der Waals surface area contributed by atoms with Crippen LogP contribution in [0.1, 0.15) is 56.0 Å². The van der Waals surface area contributed by atoms with E-state index >= 15 is 0 Å². The third-order valence-electron chi connectivity index (χ3n) is 4.05. The number of benzene rings is 1. The van der Waals surface area contributed by atoms with Crippen molar-refractivity contribution in [2.45, 2.75) is 54.5 Å². The van der Waals surface area contributed by atoms with Crippen LogP contribution >= 0.6 is 0 Å². The van der Waals surface area contributed by atoms with Gasteiger partial charge in [0.05, 0.1) is 0 Å². The molecule has 0 aliphatic rings. The van der Waals surface area contributed by atoms with E-state index in [0.717, 1.165) is 6.54 Å². The van der Waals surface area contributed by atoms with Crippen molar-refractivity contribution in [3.05, 3.63) is 34.4 Å². The molecule has 2 unspecified atom stereocenters. The van der Waals surface area contributed by atoms with Crippen molar-refractivity contribution in [3.63, 3.8) is 0 Å². The quantitative estimate of drug-likeness (QED) is 0.804. The molecule has 1 rings (SSSR count). The topological polar surface area (TPSA) is 12.0 Å². The van der Waals surface area contributed by atoms with Crippen LogP contribution in [0, 0.1) is 32.6 Å². The number of rotatable bonds is 5. The summed E-state index contributed by atoms with van der Waals surface area (Å²) >= 11 is 0. The minimum atomic E-state index is 0.468. The van der Waals surface area contributed by atoms with E-state index in [1.54, 1.807) is 0 Å². The molecule has 0 saturated heterocycles. The normalized spacial score (nSPS) is 14.9. The Labute approximate surface area is 113 Å². The van der Waals surface area contributed by atoms with E-state index in [1.807, 2.05) is 0 Å². The zero-order valence-corrected chi connectivity index (χ0v) is 13.1. The second-order valence-corrected chi connectivity index (χ2v) is 5.95. The maximum atomic E-state index is 3.68. The molecule has 1 N–H and O–H groups in total. The predicted octanol–water partition coefficient (Wildman–Crippen LogP) is 4.55. The van der Waals surface area contributed by atoms with Crippen LogP contribution in [0.25, 0.3) is 0 Å². The molecular formula is C17H29N. The summed E-state index contributed by atoms with van der Waals surface area (Å²) < 4.78 is 0. The van der Waals surface area contributed by atoms with Crippen molar-refractivity contribution in [2.75, 3.05) is 6.54 Å². The molecule has 0 heterocycles. The molecule has 0 saturated carbocycles. The number of nitrogens with one attached hydrogen (secondary N) is 1. The molecule has 0 bridgehead atoms. The molecule has 0 spiro atoms. The average molecular weight is 247 g/mol. The standard InChI is InChI=1S/C17H29N/c1-8-18-17(15(7)11(2)3)16-13(5)9-12(4)10-14(16)6/h9-11,15,17-18H,8H2,1-7H3. The molecule has 2 atom stereocenters. The van der Waals surface area contributed by atoms with E-state index in [2.05, 4.69) is 65.9 Å². The number of hydrogen-bond donors (Lipinski definition) is 1. The van der Waals surface area contributed by atoms with Crippen molar-refractivity contribution in [3.8, 4) is 0 Å². The monoisotopic (exact) mass is 247 g/mol. The van der Waals surface area contributed by atoms with E-state index in [4.69, 9.17) is 0 Å². The molecule has 1 heteroatoms. The summed E-state index contributed by atoms with van der Waals surface area (Å²) in [5, 5.41) is 3.68. The van der Waals surface area contributed by atoms with Crippen LogP contribution in [0.2, 0.25) is 0 Å². The van der Waals surface area contributed by atoms with Crippen molar-refractivity contribution in [1.82, 2.24) is 5.32 Å². The second kappa shape index (κ2) is 6.38. The molecule has 1 aromatic rings. The van der Waals surface area contributed by atoms with Crippen molar-refractivity contribution in [2.24, 2.45) is 11.8 Å². The molecule has 0 aliphatic carbocycles. The highest BCUT2D eigenvalue weighted by Crippen LogP contribution is 2.32. The van der Waals surface area contributed by atoms with Gasteiger partial charge in [0.15, 0.2) is 0 Å². The van der Waals surface area contributed by atoms with Gasteiger partial charge < -0.3 is 5.32 Å². The maximum absolute atomic E-state index is 3.68. The Morgan fingerprint density at radius 3 is 1.89 bits per heavy atom. The lowest BCUT2D eigenvalue weighted by Gasteiger charge is -2.31. The largest absolute Gasteiger partial charge is 0.310 e. The van der Waals surface area contributed by atoms with Gasteiger partial charge in [-0.2, -0.15) is 0 Å². The molecule has 0 aliphatic heterocycles. The van der Waals surface area contributed by atoms with Crippen LogP contribution in [0.5, 0.6) is 0 Å². The molecule has 102 valence electrons. The summed E-state index contributed by atoms with van der Waals surface area (Å²) in [5.74, 6) is 1.33. The van der Waals surface area contributed by atoms with E-state index in [9.17, 15) is 0 Å². The Morgan fingerprint density at radius 2 is 1.50 bits per heavy atom. The lowest BCUT2D eigenvalue weighted by molar-refractivity contribution is 0.305. The summed E-state index contributed by atoms with van der Waals surface area (Å²) in [5.41, 5.74) is 5.71. The first-order chi connectivity index (χ1) is 8.38. The van der Waals surface area contributed by atoms with Gasteiger partial charge in [0.25, 0.3) is 0 Å². The van der Waals surface area contributed by atoms with E-state index < -0.39 is 0 Å². The van der Waals surface area contributed by atoms with Crippen LogP contribution in [0.15, 0.2) is 12.1 Å². The Morgan fingerprint density at radius 1 is 1.00 bits per heavy atom. The zero-order chi connectivity index (χ0) is 13.9. The molecule has 0 aromatic heterocycles. The summed E-state index contributed by atoms with van der Waals surface area (Å²) in [4.78, 5) is 0. The fourth-order valence-corrected chi connectivity index (χ4v) is 2.84. The molecule has 1 nitrogen and oxygen atoms in total. The van der Waals surface area contributed by atoms with Crippen LogP contribution in [-0.4, -0.2) is 6.54 Å². The summed E-state index contributed by atoms with van der Waals surface area (Å²) in [6.45, 7) is 16.9. The lowest BCUT2D eigenvalue weighted by Crippen LogP contribution is -2.30. The van der Waals surface area contributed by atoms with E-state index in [0.29, 0.717) is 17.9 Å². The van der Waals surface area contributed by atoms with Gasteiger partial charge >= 0.3 is 0 Å². The fourth-order valence-electron chi connectivity index (χ4n) is 2.84. The summed E-state index contributed by atoms with van der Waals surface area (Å²) in [6, 6.07) is 5.08. The first-order valence-corrected chi connectivity index (χ1v) is 7.19. The van der Waals surface area contributed by atoms with Crippen LogP contribution in [0.3, 0.4) is 0 Å². The van der Waals surface area contributed by atoms with Gasteiger partial charge in [-0.3, -0.25) is 0 Å². The van der Waals surface area contributed by atoms with Gasteiger partial charge in [0.1, 0.15) is 0 Å².